The van der Waals surface area contributed by atoms with E-state index in [1.165, 1.54) is 18.4 Å². The molecule has 0 aliphatic rings. The molecule has 0 atom stereocenters. The lowest BCUT2D eigenvalue weighted by Gasteiger charge is -2.00. The summed E-state index contributed by atoms with van der Waals surface area (Å²) in [5.41, 5.74) is 1.91. The van der Waals surface area contributed by atoms with E-state index < -0.39 is 0 Å². The minimum absolute atomic E-state index is 0.214. The zero-order valence-corrected chi connectivity index (χ0v) is 14.2. The largest absolute Gasteiger partial charge is 0.493 e. The van der Waals surface area contributed by atoms with Crippen LogP contribution in [0.5, 0.6) is 5.75 Å². The number of rotatable bonds is 4. The van der Waals surface area contributed by atoms with Gasteiger partial charge in [0, 0.05) is 0 Å². The summed E-state index contributed by atoms with van der Waals surface area (Å²) >= 11 is 1.42. The third-order valence-corrected chi connectivity index (χ3v) is 4.60. The molecule has 0 unspecified atom stereocenters. The van der Waals surface area contributed by atoms with Gasteiger partial charge < -0.3 is 4.74 Å². The lowest BCUT2D eigenvalue weighted by atomic mass is 10.3. The molecular formula is C18H14N4O2S. The number of nitrogens with one attached hydrogen (secondary N) is 1. The summed E-state index contributed by atoms with van der Waals surface area (Å²) in [6.07, 6.45) is 1.68. The van der Waals surface area contributed by atoms with Gasteiger partial charge in [0.1, 0.15) is 0 Å². The van der Waals surface area contributed by atoms with E-state index in [2.05, 4.69) is 15.4 Å². The summed E-state index contributed by atoms with van der Waals surface area (Å²) in [5, 5.41) is 7.69. The molecule has 0 saturated heterocycles. The van der Waals surface area contributed by atoms with Crippen LogP contribution in [0.4, 0.5) is 5.13 Å². The second-order valence-corrected chi connectivity index (χ2v) is 6.30. The predicted molar refractivity (Wildman–Crippen MR) is 97.7 cm³/mol. The van der Waals surface area contributed by atoms with E-state index in [1.807, 2.05) is 54.6 Å². The van der Waals surface area contributed by atoms with Crippen LogP contribution in [0.15, 0.2) is 60.8 Å². The van der Waals surface area contributed by atoms with Crippen LogP contribution in [0.2, 0.25) is 0 Å². The molecule has 1 N–H and O–H groups in total. The number of methoxy groups -OCH3 is 1. The number of carbonyl (C=O) groups is 1. The van der Waals surface area contributed by atoms with Gasteiger partial charge >= 0.3 is 0 Å². The molecule has 0 aliphatic carbocycles. The normalized spacial score (nSPS) is 10.8. The number of ether oxygens (including phenoxy) is 1. The average molecular weight is 350 g/mol. The molecule has 7 heteroatoms. The summed E-state index contributed by atoms with van der Waals surface area (Å²) in [7, 11) is 1.51. The van der Waals surface area contributed by atoms with Gasteiger partial charge in [0.05, 0.1) is 29.2 Å². The molecule has 0 spiro atoms. The Bertz CT molecular complexity index is 1010. The molecule has 1 amide bonds. The molecule has 124 valence electrons. The minimum atomic E-state index is -0.356. The second kappa shape index (κ2) is 6.37. The van der Waals surface area contributed by atoms with E-state index >= 15 is 0 Å². The van der Waals surface area contributed by atoms with Gasteiger partial charge in [-0.15, -0.1) is 0 Å². The Morgan fingerprint density at radius 1 is 1.12 bits per heavy atom. The van der Waals surface area contributed by atoms with Crippen molar-refractivity contribution < 1.29 is 9.53 Å². The second-order valence-electron chi connectivity index (χ2n) is 5.27. The number of aromatic nitrogens is 3. The highest BCUT2D eigenvalue weighted by atomic mass is 32.1. The minimum Gasteiger partial charge on any atom is -0.493 e. The van der Waals surface area contributed by atoms with Crippen LogP contribution in [-0.2, 0) is 0 Å². The number of para-hydroxylation sites is 2. The molecule has 0 fully saturated rings. The molecule has 0 bridgehead atoms. The van der Waals surface area contributed by atoms with Crippen molar-refractivity contribution in [1.29, 1.82) is 0 Å². The molecule has 2 aromatic heterocycles. The van der Waals surface area contributed by atoms with Crippen molar-refractivity contribution in [2.24, 2.45) is 0 Å². The number of hydrogen-bond donors (Lipinski definition) is 1. The Morgan fingerprint density at radius 3 is 2.64 bits per heavy atom. The Labute approximate surface area is 147 Å². The highest BCUT2D eigenvalue weighted by Gasteiger charge is 2.19. The molecule has 6 nitrogen and oxygen atoms in total. The van der Waals surface area contributed by atoms with Crippen LogP contribution >= 0.6 is 11.3 Å². The summed E-state index contributed by atoms with van der Waals surface area (Å²) in [6.45, 7) is 0. The van der Waals surface area contributed by atoms with Gasteiger partial charge in [-0.25, -0.2) is 9.67 Å². The summed E-state index contributed by atoms with van der Waals surface area (Å²) < 4.78 is 7.93. The number of benzene rings is 2. The standard InChI is InChI=1S/C18H14N4O2S/c1-24-14-11-22(12-7-3-2-4-8-12)21-16(14)17(23)20-18-19-13-9-5-6-10-15(13)25-18/h2-11H,1H3,(H,19,20,23). The predicted octanol–water partition coefficient (Wildman–Crippen LogP) is 3.74. The maximum Gasteiger partial charge on any atom is 0.281 e. The van der Waals surface area contributed by atoms with Gasteiger partial charge in [-0.05, 0) is 24.3 Å². The Balaban J connectivity index is 1.64. The van der Waals surface area contributed by atoms with E-state index in [1.54, 1.807) is 10.9 Å². The summed E-state index contributed by atoms with van der Waals surface area (Å²) in [6, 6.07) is 17.3. The lowest BCUT2D eigenvalue weighted by molar-refractivity contribution is 0.101. The van der Waals surface area contributed by atoms with Crippen LogP contribution in [-0.4, -0.2) is 27.8 Å². The zero-order chi connectivity index (χ0) is 17.2. The molecule has 25 heavy (non-hydrogen) atoms. The number of nitrogens with zero attached hydrogens (tertiary/aromatic N) is 3. The zero-order valence-electron chi connectivity index (χ0n) is 13.3. The first kappa shape index (κ1) is 15.3. The highest BCUT2D eigenvalue weighted by molar-refractivity contribution is 7.22. The van der Waals surface area contributed by atoms with Gasteiger partial charge in [-0.3, -0.25) is 10.1 Å². The van der Waals surface area contributed by atoms with Crippen LogP contribution in [0, 0.1) is 0 Å². The molecule has 2 heterocycles. The van der Waals surface area contributed by atoms with Crippen molar-refractivity contribution in [3.63, 3.8) is 0 Å². The molecule has 4 rings (SSSR count). The fourth-order valence-electron chi connectivity index (χ4n) is 2.46. The number of fused-ring (bicyclic) bond motifs is 1. The van der Waals surface area contributed by atoms with Gasteiger partial charge in [0.15, 0.2) is 16.6 Å². The monoisotopic (exact) mass is 350 g/mol. The smallest absolute Gasteiger partial charge is 0.281 e. The molecule has 0 aliphatic heterocycles. The first-order chi connectivity index (χ1) is 12.2. The van der Waals surface area contributed by atoms with E-state index in [0.717, 1.165) is 15.9 Å². The third-order valence-electron chi connectivity index (χ3n) is 3.65. The fourth-order valence-corrected chi connectivity index (χ4v) is 3.32. The van der Waals surface area contributed by atoms with Gasteiger partial charge in [-0.1, -0.05) is 41.7 Å². The number of hydrogen-bond acceptors (Lipinski definition) is 5. The first-order valence-electron chi connectivity index (χ1n) is 7.60. The molecule has 4 aromatic rings. The van der Waals surface area contributed by atoms with Crippen LogP contribution in [0.1, 0.15) is 10.5 Å². The van der Waals surface area contributed by atoms with Crippen molar-refractivity contribution in [1.82, 2.24) is 14.8 Å². The van der Waals surface area contributed by atoms with Gasteiger partial charge in [-0.2, -0.15) is 5.10 Å². The van der Waals surface area contributed by atoms with Gasteiger partial charge in [0.2, 0.25) is 0 Å². The maximum absolute atomic E-state index is 12.6. The first-order valence-corrected chi connectivity index (χ1v) is 8.42. The molecular weight excluding hydrogens is 336 g/mol. The molecule has 2 aromatic carbocycles. The Hall–Kier alpha value is -3.19. The third kappa shape index (κ3) is 2.97. The van der Waals surface area contributed by atoms with E-state index in [4.69, 9.17) is 4.74 Å². The lowest BCUT2D eigenvalue weighted by Crippen LogP contribution is -2.14. The van der Waals surface area contributed by atoms with Crippen molar-refractivity contribution in [2.75, 3.05) is 12.4 Å². The molecule has 0 radical (unpaired) electrons. The summed E-state index contributed by atoms with van der Waals surface area (Å²) in [4.78, 5) is 17.0. The van der Waals surface area contributed by atoms with Crippen LogP contribution in [0.3, 0.4) is 0 Å². The Morgan fingerprint density at radius 2 is 1.88 bits per heavy atom. The van der Waals surface area contributed by atoms with Gasteiger partial charge in [0.25, 0.3) is 5.91 Å². The quantitative estimate of drug-likeness (QED) is 0.609. The van der Waals surface area contributed by atoms with Crippen molar-refractivity contribution in [3.8, 4) is 11.4 Å². The van der Waals surface area contributed by atoms with Crippen molar-refractivity contribution >= 4 is 32.6 Å². The topological polar surface area (TPSA) is 69.0 Å². The van der Waals surface area contributed by atoms with Crippen molar-refractivity contribution in [3.05, 3.63) is 66.5 Å². The van der Waals surface area contributed by atoms with E-state index in [0.29, 0.717) is 10.9 Å². The maximum atomic E-state index is 12.6. The average Bonchev–Trinajstić information content (AvgIpc) is 3.25. The Kier molecular flexibility index (Phi) is 3.91. The SMILES string of the molecule is COc1cn(-c2ccccc2)nc1C(=O)Nc1nc2ccccc2s1. The van der Waals surface area contributed by atoms with Crippen LogP contribution < -0.4 is 10.1 Å². The highest BCUT2D eigenvalue weighted by Crippen LogP contribution is 2.27. The molecule has 0 saturated carbocycles. The number of anilines is 1. The van der Waals surface area contributed by atoms with Crippen LogP contribution in [0.25, 0.3) is 15.9 Å². The van der Waals surface area contributed by atoms with Crippen molar-refractivity contribution in [2.45, 2.75) is 0 Å². The number of amides is 1. The fraction of sp³-hybridized carbons (Fsp3) is 0.0556. The van der Waals surface area contributed by atoms with E-state index in [-0.39, 0.29) is 11.6 Å². The van der Waals surface area contributed by atoms with E-state index in [9.17, 15) is 4.79 Å². The number of thiazole rings is 1. The summed E-state index contributed by atoms with van der Waals surface area (Å²) in [5.74, 6) is 0.0491. The number of carbonyl (C=O) groups excluding carboxylic acids is 1.